The summed E-state index contributed by atoms with van der Waals surface area (Å²) in [7, 11) is 0. The summed E-state index contributed by atoms with van der Waals surface area (Å²) in [6, 6.07) is 0.613. The van der Waals surface area contributed by atoms with Crippen LogP contribution in [0.2, 0.25) is 0 Å². The van der Waals surface area contributed by atoms with Gasteiger partial charge in [0.1, 0.15) is 0 Å². The maximum absolute atomic E-state index is 10.7. The first kappa shape index (κ1) is 11.4. The van der Waals surface area contributed by atoms with Gasteiger partial charge in [0, 0.05) is 38.1 Å². The zero-order valence-corrected chi connectivity index (χ0v) is 10.1. The van der Waals surface area contributed by atoms with Gasteiger partial charge >= 0.3 is 5.97 Å². The topological polar surface area (TPSA) is 69.6 Å². The molecule has 0 aromatic carbocycles. The molecule has 0 bridgehead atoms. The molecule has 18 heavy (non-hydrogen) atoms. The molecule has 2 aliphatic rings. The van der Waals surface area contributed by atoms with Crippen molar-refractivity contribution in [2.45, 2.75) is 18.9 Å². The Balaban J connectivity index is 1.73. The lowest BCUT2D eigenvalue weighted by Crippen LogP contribution is -2.50. The summed E-state index contributed by atoms with van der Waals surface area (Å²) in [5, 5.41) is 8.81. The van der Waals surface area contributed by atoms with Crippen LogP contribution in [0.1, 0.15) is 23.2 Å². The fourth-order valence-corrected chi connectivity index (χ4v) is 2.77. The van der Waals surface area contributed by atoms with Crippen molar-refractivity contribution in [3.63, 3.8) is 0 Å². The molecular formula is C12H16N4O2. The third kappa shape index (κ3) is 2.03. The van der Waals surface area contributed by atoms with E-state index in [2.05, 4.69) is 19.8 Å². The molecular weight excluding hydrogens is 232 g/mol. The molecule has 1 N–H and O–H groups in total. The quantitative estimate of drug-likeness (QED) is 0.820. The Bertz CT molecular complexity index is 448. The van der Waals surface area contributed by atoms with Crippen molar-refractivity contribution in [2.24, 2.45) is 0 Å². The second-order valence-electron chi connectivity index (χ2n) is 4.85. The molecule has 1 aromatic rings. The number of nitrogens with zero attached hydrogens (tertiary/aromatic N) is 4. The number of aromatic nitrogens is 2. The lowest BCUT2D eigenvalue weighted by Gasteiger charge is -2.37. The fourth-order valence-electron chi connectivity index (χ4n) is 2.77. The molecule has 6 nitrogen and oxygen atoms in total. The van der Waals surface area contributed by atoms with Gasteiger partial charge in [0.15, 0.2) is 0 Å². The Morgan fingerprint density at radius 1 is 1.28 bits per heavy atom. The molecule has 1 unspecified atom stereocenters. The summed E-state index contributed by atoms with van der Waals surface area (Å²) < 4.78 is 0. The minimum Gasteiger partial charge on any atom is -0.478 e. The molecule has 0 spiro atoms. The SMILES string of the molecule is O=C(O)c1cnc(N2CCN3CCCC3C2)nc1. The highest BCUT2D eigenvalue weighted by molar-refractivity contribution is 5.86. The maximum atomic E-state index is 10.7. The van der Waals surface area contributed by atoms with E-state index in [1.54, 1.807) is 0 Å². The minimum atomic E-state index is -0.984. The van der Waals surface area contributed by atoms with Crippen molar-refractivity contribution in [1.29, 1.82) is 0 Å². The number of fused-ring (bicyclic) bond motifs is 1. The van der Waals surface area contributed by atoms with Gasteiger partial charge in [-0.1, -0.05) is 0 Å². The Labute approximate surface area is 105 Å². The Kier molecular flexibility index (Phi) is 2.87. The number of aromatic carboxylic acids is 1. The van der Waals surface area contributed by atoms with Gasteiger partial charge in [-0.15, -0.1) is 0 Å². The maximum Gasteiger partial charge on any atom is 0.338 e. The second-order valence-corrected chi connectivity index (χ2v) is 4.85. The molecule has 3 rings (SSSR count). The number of rotatable bonds is 2. The third-order valence-electron chi connectivity index (χ3n) is 3.76. The van der Waals surface area contributed by atoms with E-state index in [1.165, 1.54) is 31.8 Å². The van der Waals surface area contributed by atoms with Gasteiger partial charge in [0.05, 0.1) is 5.56 Å². The van der Waals surface area contributed by atoms with E-state index in [4.69, 9.17) is 5.11 Å². The second kappa shape index (κ2) is 4.53. The van der Waals surface area contributed by atoms with Crippen LogP contribution in [0.15, 0.2) is 12.4 Å². The average Bonchev–Trinajstić information content (AvgIpc) is 2.86. The molecule has 1 aromatic heterocycles. The highest BCUT2D eigenvalue weighted by Gasteiger charge is 2.31. The summed E-state index contributed by atoms with van der Waals surface area (Å²) >= 11 is 0. The average molecular weight is 248 g/mol. The first-order valence-electron chi connectivity index (χ1n) is 6.28. The first-order valence-corrected chi connectivity index (χ1v) is 6.28. The van der Waals surface area contributed by atoms with E-state index in [0.717, 1.165) is 19.6 Å². The summed E-state index contributed by atoms with van der Waals surface area (Å²) in [5.74, 6) is -0.339. The van der Waals surface area contributed by atoms with Crippen LogP contribution in [-0.4, -0.2) is 58.2 Å². The monoisotopic (exact) mass is 248 g/mol. The molecule has 0 amide bonds. The number of piperazine rings is 1. The van der Waals surface area contributed by atoms with Crippen molar-refractivity contribution in [1.82, 2.24) is 14.9 Å². The largest absolute Gasteiger partial charge is 0.478 e. The van der Waals surface area contributed by atoms with Crippen LogP contribution in [0.25, 0.3) is 0 Å². The van der Waals surface area contributed by atoms with Crippen molar-refractivity contribution < 1.29 is 9.90 Å². The smallest absolute Gasteiger partial charge is 0.338 e. The molecule has 3 heterocycles. The van der Waals surface area contributed by atoms with E-state index >= 15 is 0 Å². The van der Waals surface area contributed by atoms with Crippen LogP contribution < -0.4 is 4.90 Å². The molecule has 2 aliphatic heterocycles. The summed E-state index contributed by atoms with van der Waals surface area (Å²) in [6.07, 6.45) is 5.28. The number of anilines is 1. The van der Waals surface area contributed by atoms with Crippen LogP contribution >= 0.6 is 0 Å². The molecule has 1 atom stereocenters. The molecule has 0 aliphatic carbocycles. The molecule has 2 fully saturated rings. The molecule has 96 valence electrons. The summed E-state index contributed by atoms with van der Waals surface area (Å²) in [4.78, 5) is 23.7. The fraction of sp³-hybridized carbons (Fsp3) is 0.583. The minimum absolute atomic E-state index is 0.137. The first-order chi connectivity index (χ1) is 8.74. The number of hydrogen-bond donors (Lipinski definition) is 1. The Morgan fingerprint density at radius 2 is 2.06 bits per heavy atom. The van der Waals surface area contributed by atoms with Gasteiger partial charge in [-0.25, -0.2) is 14.8 Å². The zero-order chi connectivity index (χ0) is 12.5. The van der Waals surface area contributed by atoms with Gasteiger partial charge in [-0.05, 0) is 19.4 Å². The standard InChI is InChI=1S/C12H16N4O2/c17-11(18)9-6-13-12(14-7-9)16-5-4-15-3-1-2-10(15)8-16/h6-7,10H,1-5,8H2,(H,17,18). The summed E-state index contributed by atoms with van der Waals surface area (Å²) in [5.41, 5.74) is 0.137. The van der Waals surface area contributed by atoms with Gasteiger partial charge < -0.3 is 10.0 Å². The zero-order valence-electron chi connectivity index (χ0n) is 10.1. The third-order valence-corrected chi connectivity index (χ3v) is 3.76. The highest BCUT2D eigenvalue weighted by Crippen LogP contribution is 2.23. The highest BCUT2D eigenvalue weighted by atomic mass is 16.4. The number of hydrogen-bond acceptors (Lipinski definition) is 5. The normalized spacial score (nSPS) is 24.0. The lowest BCUT2D eigenvalue weighted by atomic mass is 10.2. The number of carboxylic acid groups (broad SMARTS) is 1. The van der Waals surface area contributed by atoms with Crippen molar-refractivity contribution in [3.05, 3.63) is 18.0 Å². The van der Waals surface area contributed by atoms with E-state index in [-0.39, 0.29) is 5.56 Å². The van der Waals surface area contributed by atoms with Crippen LogP contribution in [-0.2, 0) is 0 Å². The molecule has 0 saturated carbocycles. The van der Waals surface area contributed by atoms with E-state index < -0.39 is 5.97 Å². The van der Waals surface area contributed by atoms with Crippen LogP contribution in [0.5, 0.6) is 0 Å². The van der Waals surface area contributed by atoms with Crippen LogP contribution in [0.3, 0.4) is 0 Å². The van der Waals surface area contributed by atoms with Gasteiger partial charge in [-0.2, -0.15) is 0 Å². The van der Waals surface area contributed by atoms with Crippen molar-refractivity contribution >= 4 is 11.9 Å². The predicted octanol–water partition coefficient (Wildman–Crippen LogP) is 0.459. The molecule has 0 radical (unpaired) electrons. The Morgan fingerprint density at radius 3 is 2.78 bits per heavy atom. The Hall–Kier alpha value is -1.69. The number of carboxylic acids is 1. The van der Waals surface area contributed by atoms with E-state index in [0.29, 0.717) is 12.0 Å². The van der Waals surface area contributed by atoms with Crippen molar-refractivity contribution in [2.75, 3.05) is 31.1 Å². The van der Waals surface area contributed by atoms with E-state index in [1.807, 2.05) is 0 Å². The van der Waals surface area contributed by atoms with Crippen LogP contribution in [0.4, 0.5) is 5.95 Å². The van der Waals surface area contributed by atoms with Gasteiger partial charge in [0.25, 0.3) is 0 Å². The number of carbonyl (C=O) groups is 1. The van der Waals surface area contributed by atoms with Gasteiger partial charge in [-0.3, -0.25) is 4.90 Å². The molecule has 2 saturated heterocycles. The van der Waals surface area contributed by atoms with Gasteiger partial charge in [0.2, 0.25) is 5.95 Å². The van der Waals surface area contributed by atoms with Crippen molar-refractivity contribution in [3.8, 4) is 0 Å². The van der Waals surface area contributed by atoms with E-state index in [9.17, 15) is 4.79 Å². The summed E-state index contributed by atoms with van der Waals surface area (Å²) in [6.45, 7) is 4.13. The molecule has 6 heteroatoms. The van der Waals surface area contributed by atoms with Crippen LogP contribution in [0, 0.1) is 0 Å². The lowest BCUT2D eigenvalue weighted by molar-refractivity contribution is 0.0696. The predicted molar refractivity (Wildman–Crippen MR) is 65.8 cm³/mol.